The highest BCUT2D eigenvalue weighted by Crippen LogP contribution is 2.51. The Morgan fingerprint density at radius 1 is 1.05 bits per heavy atom. The number of fused-ring (bicyclic) bond motifs is 1. The van der Waals surface area contributed by atoms with Crippen LogP contribution in [0.5, 0.6) is 11.5 Å². The van der Waals surface area contributed by atoms with Gasteiger partial charge in [-0.05, 0) is 17.7 Å². The second-order valence-corrected chi connectivity index (χ2v) is 5.29. The average molecular weight is 382 g/mol. The number of halogens is 7. The van der Waals surface area contributed by atoms with E-state index in [2.05, 4.69) is 15.9 Å². The molecule has 0 bridgehead atoms. The molecular formula is C11H7BrClF5O2. The minimum Gasteiger partial charge on any atom is -0.486 e. The predicted octanol–water partition coefficient (Wildman–Crippen LogP) is 4.70. The van der Waals surface area contributed by atoms with Crippen LogP contribution in [0.3, 0.4) is 0 Å². The van der Waals surface area contributed by atoms with Crippen LogP contribution in [0.25, 0.3) is 0 Å². The van der Waals surface area contributed by atoms with Gasteiger partial charge in [0.25, 0.3) is 0 Å². The number of rotatable bonds is 2. The van der Waals surface area contributed by atoms with E-state index in [1.807, 2.05) is 0 Å². The molecule has 1 heterocycles. The number of hydrogen-bond acceptors (Lipinski definition) is 2. The fourth-order valence-corrected chi connectivity index (χ4v) is 2.60. The topological polar surface area (TPSA) is 18.5 Å². The zero-order chi connectivity index (χ0) is 15.1. The van der Waals surface area contributed by atoms with Gasteiger partial charge in [-0.25, -0.2) is 0 Å². The molecule has 9 heteroatoms. The molecule has 0 saturated heterocycles. The molecule has 20 heavy (non-hydrogen) atoms. The van der Waals surface area contributed by atoms with Gasteiger partial charge in [-0.15, -0.1) is 11.6 Å². The Morgan fingerprint density at radius 2 is 1.55 bits per heavy atom. The summed E-state index contributed by atoms with van der Waals surface area (Å²) in [6, 6.07) is 2.28. The Labute approximate surface area is 123 Å². The monoisotopic (exact) mass is 380 g/mol. The number of benzene rings is 1. The Kier molecular flexibility index (Phi) is 4.07. The van der Waals surface area contributed by atoms with Crippen LogP contribution in [0.1, 0.15) is 10.9 Å². The Hall–Kier alpha value is -0.760. The van der Waals surface area contributed by atoms with Crippen molar-refractivity contribution >= 4 is 27.5 Å². The molecule has 1 aromatic carbocycles. The summed E-state index contributed by atoms with van der Waals surface area (Å²) in [7, 11) is 0. The van der Waals surface area contributed by atoms with Gasteiger partial charge in [0.1, 0.15) is 18.6 Å². The molecule has 0 spiro atoms. The van der Waals surface area contributed by atoms with Crippen LogP contribution in [0.2, 0.25) is 0 Å². The van der Waals surface area contributed by atoms with E-state index in [1.54, 1.807) is 0 Å². The average Bonchev–Trinajstić information content (AvgIpc) is 2.35. The van der Waals surface area contributed by atoms with E-state index in [9.17, 15) is 22.0 Å². The third-order valence-electron chi connectivity index (χ3n) is 2.63. The molecule has 1 unspecified atom stereocenters. The third kappa shape index (κ3) is 2.67. The zero-order valence-corrected chi connectivity index (χ0v) is 12.0. The summed E-state index contributed by atoms with van der Waals surface area (Å²) in [5, 5.41) is -2.58. The van der Waals surface area contributed by atoms with Crippen molar-refractivity contribution in [3.63, 3.8) is 0 Å². The van der Waals surface area contributed by atoms with E-state index in [-0.39, 0.29) is 29.2 Å². The Balaban J connectivity index is 2.42. The van der Waals surface area contributed by atoms with Crippen molar-refractivity contribution in [1.82, 2.24) is 0 Å². The molecule has 112 valence electrons. The number of ether oxygens (including phenoxy) is 2. The maximum absolute atomic E-state index is 13.3. The first-order valence-electron chi connectivity index (χ1n) is 5.32. The first kappa shape index (κ1) is 15.6. The Bertz CT molecular complexity index is 520. The van der Waals surface area contributed by atoms with Crippen LogP contribution >= 0.6 is 27.5 Å². The van der Waals surface area contributed by atoms with Crippen LogP contribution in [-0.4, -0.2) is 25.3 Å². The van der Waals surface area contributed by atoms with E-state index in [4.69, 9.17) is 21.1 Å². The maximum Gasteiger partial charge on any atom is 0.455 e. The highest BCUT2D eigenvalue weighted by atomic mass is 79.9. The summed E-state index contributed by atoms with van der Waals surface area (Å²) in [6.07, 6.45) is -5.74. The van der Waals surface area contributed by atoms with Crippen molar-refractivity contribution in [3.8, 4) is 11.5 Å². The minimum absolute atomic E-state index is 0.00863. The summed E-state index contributed by atoms with van der Waals surface area (Å²) in [5.74, 6) is -4.73. The van der Waals surface area contributed by atoms with Crippen molar-refractivity contribution in [2.45, 2.75) is 17.5 Å². The van der Waals surface area contributed by atoms with Gasteiger partial charge in [-0.3, -0.25) is 0 Å². The van der Waals surface area contributed by atoms with Crippen LogP contribution in [-0.2, 0) is 0 Å². The molecule has 0 fully saturated rings. The summed E-state index contributed by atoms with van der Waals surface area (Å²) < 4.78 is 73.9. The normalized spacial score (nSPS) is 16.9. The van der Waals surface area contributed by atoms with Gasteiger partial charge in [-0.2, -0.15) is 22.0 Å². The van der Waals surface area contributed by atoms with Crippen molar-refractivity contribution in [1.29, 1.82) is 0 Å². The van der Waals surface area contributed by atoms with E-state index < -0.39 is 23.0 Å². The SMILES string of the molecule is FC(F)(F)C(F)(F)C(Cl)c1cc2c(cc1Br)OCCO2. The van der Waals surface area contributed by atoms with Crippen molar-refractivity contribution in [3.05, 3.63) is 22.2 Å². The quantitative estimate of drug-likeness (QED) is 0.546. The lowest BCUT2D eigenvalue weighted by Gasteiger charge is -2.26. The molecule has 0 saturated carbocycles. The van der Waals surface area contributed by atoms with E-state index >= 15 is 0 Å². The largest absolute Gasteiger partial charge is 0.486 e. The number of hydrogen-bond donors (Lipinski definition) is 0. The van der Waals surface area contributed by atoms with Gasteiger partial charge in [-0.1, -0.05) is 15.9 Å². The fourth-order valence-electron chi connectivity index (χ4n) is 1.61. The smallest absolute Gasteiger partial charge is 0.455 e. The van der Waals surface area contributed by atoms with Gasteiger partial charge >= 0.3 is 12.1 Å². The number of alkyl halides is 6. The first-order valence-corrected chi connectivity index (χ1v) is 6.55. The maximum atomic E-state index is 13.3. The van der Waals surface area contributed by atoms with Gasteiger partial charge in [0.15, 0.2) is 11.5 Å². The third-order valence-corrected chi connectivity index (χ3v) is 3.83. The lowest BCUT2D eigenvalue weighted by Crippen LogP contribution is -2.40. The molecule has 0 radical (unpaired) electrons. The van der Waals surface area contributed by atoms with Crippen molar-refractivity contribution in [2.75, 3.05) is 13.2 Å². The Morgan fingerprint density at radius 3 is 2.05 bits per heavy atom. The summed E-state index contributed by atoms with van der Waals surface area (Å²) in [4.78, 5) is 0. The molecule has 0 aliphatic carbocycles. The second kappa shape index (κ2) is 5.22. The minimum atomic E-state index is -5.74. The molecule has 1 atom stereocenters. The molecule has 1 aromatic rings. The van der Waals surface area contributed by atoms with Crippen LogP contribution in [0.15, 0.2) is 16.6 Å². The van der Waals surface area contributed by atoms with E-state index in [0.29, 0.717) is 0 Å². The standard InChI is InChI=1S/C11H7BrClF5O2/c12-6-4-8-7(19-1-2-20-8)3-5(6)9(13)10(14,15)11(16,17)18/h3-4,9H,1-2H2. The predicted molar refractivity (Wildman–Crippen MR) is 64.7 cm³/mol. The lowest BCUT2D eigenvalue weighted by atomic mass is 10.1. The summed E-state index contributed by atoms with van der Waals surface area (Å²) >= 11 is 8.25. The van der Waals surface area contributed by atoms with Gasteiger partial charge in [0, 0.05) is 4.47 Å². The van der Waals surface area contributed by atoms with E-state index in [1.165, 1.54) is 6.07 Å². The van der Waals surface area contributed by atoms with Crippen LogP contribution < -0.4 is 9.47 Å². The second-order valence-electron chi connectivity index (χ2n) is 4.00. The van der Waals surface area contributed by atoms with Crippen LogP contribution in [0, 0.1) is 0 Å². The molecule has 1 aliphatic heterocycles. The first-order chi connectivity index (χ1) is 9.14. The van der Waals surface area contributed by atoms with Gasteiger partial charge in [0.2, 0.25) is 0 Å². The van der Waals surface area contributed by atoms with Gasteiger partial charge in [0.05, 0.1) is 0 Å². The summed E-state index contributed by atoms with van der Waals surface area (Å²) in [5.41, 5.74) is -0.418. The highest BCUT2D eigenvalue weighted by Gasteiger charge is 2.62. The van der Waals surface area contributed by atoms with Crippen molar-refractivity contribution in [2.24, 2.45) is 0 Å². The van der Waals surface area contributed by atoms with Crippen LogP contribution in [0.4, 0.5) is 22.0 Å². The molecule has 0 amide bonds. The molecule has 1 aliphatic rings. The molecular weight excluding hydrogens is 374 g/mol. The van der Waals surface area contributed by atoms with Crippen molar-refractivity contribution < 1.29 is 31.4 Å². The van der Waals surface area contributed by atoms with Gasteiger partial charge < -0.3 is 9.47 Å². The zero-order valence-electron chi connectivity index (χ0n) is 9.61. The summed E-state index contributed by atoms with van der Waals surface area (Å²) in [6.45, 7) is 0.443. The van der Waals surface area contributed by atoms with E-state index in [0.717, 1.165) is 6.07 Å². The molecule has 0 aromatic heterocycles. The molecule has 2 nitrogen and oxygen atoms in total. The molecule has 2 rings (SSSR count). The lowest BCUT2D eigenvalue weighted by molar-refractivity contribution is -0.283. The molecule has 0 N–H and O–H groups in total. The highest BCUT2D eigenvalue weighted by molar-refractivity contribution is 9.10. The fraction of sp³-hybridized carbons (Fsp3) is 0.455.